The summed E-state index contributed by atoms with van der Waals surface area (Å²) < 4.78 is 1.62. The first-order valence-corrected chi connectivity index (χ1v) is 11.4. The molecule has 0 radical (unpaired) electrons. The third kappa shape index (κ3) is 5.38. The van der Waals surface area contributed by atoms with E-state index in [1.54, 1.807) is 35.5 Å². The summed E-state index contributed by atoms with van der Waals surface area (Å²) in [6.45, 7) is 4.14. The molecule has 162 valence electrons. The van der Waals surface area contributed by atoms with E-state index in [9.17, 15) is 9.59 Å². The third-order valence-electron chi connectivity index (χ3n) is 5.67. The van der Waals surface area contributed by atoms with E-state index < -0.39 is 0 Å². The molecule has 1 N–H and O–H groups in total. The highest BCUT2D eigenvalue weighted by Crippen LogP contribution is 2.25. The number of carbonyl (C=O) groups excluding carboxylic acids is 2. The first kappa shape index (κ1) is 21.2. The Morgan fingerprint density at radius 2 is 1.94 bits per heavy atom. The molecule has 0 bridgehead atoms. The average Bonchev–Trinajstić information content (AvgIpc) is 3.42. The van der Waals surface area contributed by atoms with Crippen molar-refractivity contribution in [2.45, 2.75) is 26.2 Å². The molecule has 0 spiro atoms. The minimum atomic E-state index is -0.0977. The molecule has 7 nitrogen and oxygen atoms in total. The lowest BCUT2D eigenvalue weighted by molar-refractivity contribution is -0.131. The van der Waals surface area contributed by atoms with E-state index in [0.717, 1.165) is 42.2 Å². The molecule has 2 amide bonds. The number of likely N-dealkylation sites (tertiary alicyclic amines) is 1. The van der Waals surface area contributed by atoms with Crippen LogP contribution in [0.15, 0.2) is 42.0 Å². The van der Waals surface area contributed by atoms with E-state index in [1.165, 1.54) is 5.56 Å². The molecular weight excluding hydrogens is 410 g/mol. The predicted molar refractivity (Wildman–Crippen MR) is 121 cm³/mol. The van der Waals surface area contributed by atoms with Crippen LogP contribution >= 0.6 is 11.3 Å². The highest BCUT2D eigenvalue weighted by atomic mass is 32.1. The number of aromatic nitrogens is 3. The quantitative estimate of drug-likeness (QED) is 0.643. The largest absolute Gasteiger partial charge is 0.352 e. The summed E-state index contributed by atoms with van der Waals surface area (Å²) in [4.78, 5) is 31.5. The van der Waals surface area contributed by atoms with Crippen LogP contribution in [0.1, 0.15) is 34.5 Å². The fraction of sp³-hybridized carbons (Fsp3) is 0.391. The second-order valence-electron chi connectivity index (χ2n) is 8.12. The zero-order chi connectivity index (χ0) is 21.8. The van der Waals surface area contributed by atoms with Crippen molar-refractivity contribution in [1.82, 2.24) is 25.0 Å². The summed E-state index contributed by atoms with van der Waals surface area (Å²) in [6.07, 6.45) is 5.40. The zero-order valence-corrected chi connectivity index (χ0v) is 18.7. The number of nitrogens with one attached hydrogen (secondary N) is 1. The first-order valence-electron chi connectivity index (χ1n) is 10.5. The smallest absolute Gasteiger partial charge is 0.254 e. The molecular formula is C23H27N5O2S. The fourth-order valence-electron chi connectivity index (χ4n) is 3.75. The van der Waals surface area contributed by atoms with Crippen molar-refractivity contribution in [2.24, 2.45) is 13.0 Å². The van der Waals surface area contributed by atoms with E-state index in [1.807, 2.05) is 10.3 Å². The Labute approximate surface area is 186 Å². The summed E-state index contributed by atoms with van der Waals surface area (Å²) in [6, 6.07) is 8.28. The summed E-state index contributed by atoms with van der Waals surface area (Å²) in [5, 5.41) is 9.94. The minimum Gasteiger partial charge on any atom is -0.352 e. The van der Waals surface area contributed by atoms with E-state index in [0.29, 0.717) is 24.4 Å². The van der Waals surface area contributed by atoms with E-state index in [2.05, 4.69) is 46.6 Å². The number of piperidine rings is 1. The fourth-order valence-corrected chi connectivity index (χ4v) is 4.57. The van der Waals surface area contributed by atoms with Crippen LogP contribution in [0.4, 0.5) is 0 Å². The van der Waals surface area contributed by atoms with Crippen LogP contribution in [0.25, 0.3) is 10.6 Å². The van der Waals surface area contributed by atoms with Gasteiger partial charge in [-0.15, -0.1) is 11.3 Å². The lowest BCUT2D eigenvalue weighted by atomic mass is 9.96. The van der Waals surface area contributed by atoms with Gasteiger partial charge in [0.2, 0.25) is 5.91 Å². The standard InChI is InChI=1S/C23H27N5O2S/c1-16-3-5-18(6-4-16)23-26-20(15-31-23)11-21(29)28-9-7-17(8-10-28)12-24-22(30)19-13-25-27(2)14-19/h3-6,13-15,17H,7-12H2,1-2H3,(H,24,30). The Bertz CT molecular complexity index is 1050. The van der Waals surface area contributed by atoms with Gasteiger partial charge in [0.15, 0.2) is 0 Å². The first-order chi connectivity index (χ1) is 15.0. The molecule has 8 heteroatoms. The highest BCUT2D eigenvalue weighted by Gasteiger charge is 2.24. The molecule has 3 heterocycles. The van der Waals surface area contributed by atoms with Gasteiger partial charge in [-0.1, -0.05) is 29.8 Å². The number of aryl methyl sites for hydroxylation is 2. The van der Waals surface area contributed by atoms with Crippen molar-refractivity contribution < 1.29 is 9.59 Å². The summed E-state index contributed by atoms with van der Waals surface area (Å²) in [5.41, 5.74) is 3.71. The molecule has 0 atom stereocenters. The monoisotopic (exact) mass is 437 g/mol. The minimum absolute atomic E-state index is 0.0977. The Hall–Kier alpha value is -3.00. The Kier molecular flexibility index (Phi) is 6.46. The molecule has 1 aliphatic heterocycles. The van der Waals surface area contributed by atoms with Crippen LogP contribution < -0.4 is 5.32 Å². The number of thiazole rings is 1. The molecule has 1 saturated heterocycles. The van der Waals surface area contributed by atoms with Gasteiger partial charge < -0.3 is 10.2 Å². The molecule has 4 rings (SSSR count). The Morgan fingerprint density at radius 3 is 2.61 bits per heavy atom. The number of carbonyl (C=O) groups is 2. The van der Waals surface area contributed by atoms with Gasteiger partial charge in [-0.05, 0) is 25.7 Å². The number of rotatable bonds is 6. The number of nitrogens with zero attached hydrogens (tertiary/aromatic N) is 4. The summed E-state index contributed by atoms with van der Waals surface area (Å²) >= 11 is 1.58. The van der Waals surface area contributed by atoms with Crippen LogP contribution in [-0.2, 0) is 18.3 Å². The summed E-state index contributed by atoms with van der Waals surface area (Å²) in [5.74, 6) is 0.412. The maximum atomic E-state index is 12.7. The number of amides is 2. The van der Waals surface area contributed by atoms with Crippen LogP contribution in [0, 0.1) is 12.8 Å². The highest BCUT2D eigenvalue weighted by molar-refractivity contribution is 7.13. The van der Waals surface area contributed by atoms with Crippen molar-refractivity contribution in [3.05, 3.63) is 58.9 Å². The van der Waals surface area contributed by atoms with Gasteiger partial charge in [0.1, 0.15) is 5.01 Å². The summed E-state index contributed by atoms with van der Waals surface area (Å²) in [7, 11) is 1.79. The van der Waals surface area contributed by atoms with E-state index >= 15 is 0 Å². The van der Waals surface area contributed by atoms with E-state index in [-0.39, 0.29) is 11.8 Å². The lowest BCUT2D eigenvalue weighted by Gasteiger charge is -2.32. The third-order valence-corrected chi connectivity index (χ3v) is 6.61. The molecule has 1 aromatic carbocycles. The lowest BCUT2D eigenvalue weighted by Crippen LogP contribution is -2.42. The molecule has 0 aliphatic carbocycles. The second kappa shape index (κ2) is 9.43. The van der Waals surface area contributed by atoms with Crippen molar-refractivity contribution >= 4 is 23.2 Å². The van der Waals surface area contributed by atoms with Crippen LogP contribution in [0.3, 0.4) is 0 Å². The number of hydrogen-bond donors (Lipinski definition) is 1. The molecule has 31 heavy (non-hydrogen) atoms. The molecule has 0 unspecified atom stereocenters. The maximum absolute atomic E-state index is 12.7. The van der Waals surface area contributed by atoms with Crippen LogP contribution in [0.5, 0.6) is 0 Å². The van der Waals surface area contributed by atoms with Gasteiger partial charge in [-0.25, -0.2) is 4.98 Å². The van der Waals surface area contributed by atoms with Gasteiger partial charge in [0.25, 0.3) is 5.91 Å². The Balaban J connectivity index is 1.23. The number of hydrogen-bond acceptors (Lipinski definition) is 5. The predicted octanol–water partition coefficient (Wildman–Crippen LogP) is 3.06. The average molecular weight is 438 g/mol. The van der Waals surface area contributed by atoms with Gasteiger partial charge in [-0.3, -0.25) is 14.3 Å². The number of benzene rings is 1. The molecule has 1 aliphatic rings. The molecule has 0 saturated carbocycles. The molecule has 2 aromatic heterocycles. The van der Waals surface area contributed by atoms with Crippen molar-refractivity contribution in [3.63, 3.8) is 0 Å². The van der Waals surface area contributed by atoms with Gasteiger partial charge in [0, 0.05) is 43.8 Å². The normalized spacial score (nSPS) is 14.6. The van der Waals surface area contributed by atoms with Crippen LogP contribution in [-0.4, -0.2) is 51.1 Å². The van der Waals surface area contributed by atoms with Gasteiger partial charge >= 0.3 is 0 Å². The molecule has 1 fully saturated rings. The van der Waals surface area contributed by atoms with Gasteiger partial charge in [0.05, 0.1) is 23.9 Å². The van der Waals surface area contributed by atoms with E-state index in [4.69, 9.17) is 0 Å². The van der Waals surface area contributed by atoms with Gasteiger partial charge in [-0.2, -0.15) is 5.10 Å². The maximum Gasteiger partial charge on any atom is 0.254 e. The van der Waals surface area contributed by atoms with Crippen molar-refractivity contribution in [3.8, 4) is 10.6 Å². The molecule has 3 aromatic rings. The van der Waals surface area contributed by atoms with Crippen molar-refractivity contribution in [1.29, 1.82) is 0 Å². The topological polar surface area (TPSA) is 80.1 Å². The zero-order valence-electron chi connectivity index (χ0n) is 17.9. The second-order valence-corrected chi connectivity index (χ2v) is 8.98. The van der Waals surface area contributed by atoms with Crippen molar-refractivity contribution in [2.75, 3.05) is 19.6 Å². The SMILES string of the molecule is Cc1ccc(-c2nc(CC(=O)N3CCC(CNC(=O)c4cnn(C)c4)CC3)cs2)cc1. The van der Waals surface area contributed by atoms with Crippen LogP contribution in [0.2, 0.25) is 0 Å². The Morgan fingerprint density at radius 1 is 1.19 bits per heavy atom.